The molecule has 0 amide bonds. The first-order chi connectivity index (χ1) is 7.24. The number of carbonyl (C=O) groups excluding carboxylic acids is 1. The number of ether oxygens (including phenoxy) is 2. The number of hydrogen-bond acceptors (Lipinski definition) is 4. The molecule has 1 fully saturated rings. The Hall–Kier alpha value is -0.870. The Kier molecular flexibility index (Phi) is 3.07. The zero-order chi connectivity index (χ0) is 10.8. The summed E-state index contributed by atoms with van der Waals surface area (Å²) in [6, 6.07) is 1.82. The third-order valence-corrected chi connectivity index (χ3v) is 3.63. The predicted octanol–water partition coefficient (Wildman–Crippen LogP) is 2.36. The van der Waals surface area contributed by atoms with Crippen molar-refractivity contribution in [3.8, 4) is 5.75 Å². The maximum Gasteiger partial charge on any atom is 0.205 e. The van der Waals surface area contributed by atoms with Gasteiger partial charge in [-0.25, -0.2) is 0 Å². The lowest BCUT2D eigenvalue weighted by molar-refractivity contribution is 0.0581. The van der Waals surface area contributed by atoms with Crippen molar-refractivity contribution in [3.63, 3.8) is 0 Å². The van der Waals surface area contributed by atoms with Crippen LogP contribution in [0.4, 0.5) is 0 Å². The van der Waals surface area contributed by atoms with Gasteiger partial charge in [-0.3, -0.25) is 4.79 Å². The summed E-state index contributed by atoms with van der Waals surface area (Å²) in [5.74, 6) is 1.03. The molecule has 82 valence electrons. The molecule has 0 spiro atoms. The number of rotatable bonds is 3. The first kappa shape index (κ1) is 10.6. The Labute approximate surface area is 93.0 Å². The summed E-state index contributed by atoms with van der Waals surface area (Å²) in [6.45, 7) is 2.74. The van der Waals surface area contributed by atoms with Crippen LogP contribution in [0.2, 0.25) is 0 Å². The molecule has 3 nitrogen and oxygen atoms in total. The van der Waals surface area contributed by atoms with E-state index in [0.717, 1.165) is 6.42 Å². The maximum absolute atomic E-state index is 12.1. The average molecular weight is 226 g/mol. The van der Waals surface area contributed by atoms with Crippen molar-refractivity contribution >= 4 is 17.1 Å². The third kappa shape index (κ3) is 1.92. The van der Waals surface area contributed by atoms with Gasteiger partial charge in [-0.2, -0.15) is 0 Å². The first-order valence-corrected chi connectivity index (χ1v) is 5.89. The molecular formula is C11H14O3S. The normalized spacial score (nSPS) is 25.5. The summed E-state index contributed by atoms with van der Waals surface area (Å²) in [5.41, 5.74) is 0. The van der Waals surface area contributed by atoms with Crippen molar-refractivity contribution in [1.29, 1.82) is 0 Å². The van der Waals surface area contributed by atoms with Gasteiger partial charge in [0.05, 0.1) is 7.11 Å². The fourth-order valence-corrected chi connectivity index (χ4v) is 2.63. The van der Waals surface area contributed by atoms with Crippen LogP contribution >= 0.6 is 11.3 Å². The number of ketones is 1. The van der Waals surface area contributed by atoms with Gasteiger partial charge in [0, 0.05) is 6.61 Å². The smallest absolute Gasteiger partial charge is 0.205 e. The third-order valence-electron chi connectivity index (χ3n) is 2.72. The SMILES string of the molecule is COc1ccsc1C(=O)C1OCCC1C. The predicted molar refractivity (Wildman–Crippen MR) is 58.7 cm³/mol. The topological polar surface area (TPSA) is 35.5 Å². The van der Waals surface area contributed by atoms with E-state index in [4.69, 9.17) is 9.47 Å². The van der Waals surface area contributed by atoms with E-state index in [1.54, 1.807) is 7.11 Å². The van der Waals surface area contributed by atoms with Crippen LogP contribution in [0.25, 0.3) is 0 Å². The Morgan fingerprint density at radius 3 is 3.07 bits per heavy atom. The summed E-state index contributed by atoms with van der Waals surface area (Å²) in [7, 11) is 1.58. The van der Waals surface area contributed by atoms with Gasteiger partial charge < -0.3 is 9.47 Å². The molecule has 4 heteroatoms. The van der Waals surface area contributed by atoms with E-state index in [1.165, 1.54) is 11.3 Å². The van der Waals surface area contributed by atoms with Gasteiger partial charge in [-0.05, 0) is 23.8 Å². The molecule has 2 rings (SSSR count). The van der Waals surface area contributed by atoms with Gasteiger partial charge >= 0.3 is 0 Å². The second-order valence-corrected chi connectivity index (χ2v) is 4.66. The molecule has 1 aliphatic heterocycles. The molecule has 0 aromatic carbocycles. The lowest BCUT2D eigenvalue weighted by Crippen LogP contribution is -2.24. The Morgan fingerprint density at radius 2 is 2.47 bits per heavy atom. The summed E-state index contributed by atoms with van der Waals surface area (Å²) < 4.78 is 10.6. The van der Waals surface area contributed by atoms with Crippen molar-refractivity contribution in [2.24, 2.45) is 5.92 Å². The van der Waals surface area contributed by atoms with E-state index in [1.807, 2.05) is 11.4 Å². The van der Waals surface area contributed by atoms with Crippen LogP contribution in [-0.2, 0) is 4.74 Å². The number of Topliss-reactive ketones (excluding diaryl/α,β-unsaturated/α-hetero) is 1. The van der Waals surface area contributed by atoms with Crippen LogP contribution in [0.3, 0.4) is 0 Å². The van der Waals surface area contributed by atoms with Crippen LogP contribution < -0.4 is 4.74 Å². The highest BCUT2D eigenvalue weighted by Crippen LogP contribution is 2.30. The molecule has 2 unspecified atom stereocenters. The molecule has 15 heavy (non-hydrogen) atoms. The highest BCUT2D eigenvalue weighted by atomic mass is 32.1. The average Bonchev–Trinajstić information content (AvgIpc) is 2.84. The standard InChI is InChI=1S/C11H14O3S/c1-7-3-5-14-10(7)9(12)11-8(13-2)4-6-15-11/h4,6-7,10H,3,5H2,1-2H3. The van der Waals surface area contributed by atoms with Crippen molar-refractivity contribution in [1.82, 2.24) is 0 Å². The van der Waals surface area contributed by atoms with Crippen molar-refractivity contribution < 1.29 is 14.3 Å². The zero-order valence-electron chi connectivity index (χ0n) is 8.86. The lowest BCUT2D eigenvalue weighted by Gasteiger charge is -2.12. The summed E-state index contributed by atoms with van der Waals surface area (Å²) in [5, 5.41) is 1.87. The van der Waals surface area contributed by atoms with E-state index < -0.39 is 0 Å². The minimum absolute atomic E-state index is 0.0619. The van der Waals surface area contributed by atoms with Gasteiger partial charge in [0.25, 0.3) is 0 Å². The first-order valence-electron chi connectivity index (χ1n) is 5.01. The fourth-order valence-electron chi connectivity index (χ4n) is 1.80. The van der Waals surface area contributed by atoms with Crippen LogP contribution in [0.5, 0.6) is 5.75 Å². The lowest BCUT2D eigenvalue weighted by atomic mass is 10.00. The van der Waals surface area contributed by atoms with Crippen molar-refractivity contribution in [2.45, 2.75) is 19.4 Å². The van der Waals surface area contributed by atoms with Gasteiger partial charge in [0.15, 0.2) is 0 Å². The molecule has 1 aliphatic rings. The molecule has 0 saturated carbocycles. The largest absolute Gasteiger partial charge is 0.495 e. The van der Waals surface area contributed by atoms with E-state index in [2.05, 4.69) is 6.92 Å². The number of methoxy groups -OCH3 is 1. The molecule has 1 saturated heterocycles. The van der Waals surface area contributed by atoms with Gasteiger partial charge in [-0.1, -0.05) is 6.92 Å². The minimum atomic E-state index is -0.280. The van der Waals surface area contributed by atoms with E-state index in [0.29, 0.717) is 23.2 Å². The van der Waals surface area contributed by atoms with E-state index >= 15 is 0 Å². The highest BCUT2D eigenvalue weighted by Gasteiger charge is 2.33. The van der Waals surface area contributed by atoms with Crippen LogP contribution in [0.15, 0.2) is 11.4 Å². The Morgan fingerprint density at radius 1 is 1.67 bits per heavy atom. The molecule has 1 aromatic rings. The van der Waals surface area contributed by atoms with Crippen LogP contribution in [0, 0.1) is 5.92 Å². The molecule has 0 aliphatic carbocycles. The molecule has 0 N–H and O–H groups in total. The van der Waals surface area contributed by atoms with Crippen LogP contribution in [-0.4, -0.2) is 25.6 Å². The number of thiophene rings is 1. The van der Waals surface area contributed by atoms with Gasteiger partial charge in [-0.15, -0.1) is 11.3 Å². The van der Waals surface area contributed by atoms with Crippen molar-refractivity contribution in [2.75, 3.05) is 13.7 Å². The Bertz CT molecular complexity index is 358. The molecular weight excluding hydrogens is 212 g/mol. The number of carbonyl (C=O) groups is 1. The number of hydrogen-bond donors (Lipinski definition) is 0. The second kappa shape index (κ2) is 4.33. The molecule has 1 aromatic heterocycles. The molecule has 0 radical (unpaired) electrons. The second-order valence-electron chi connectivity index (χ2n) is 3.74. The van der Waals surface area contributed by atoms with E-state index in [-0.39, 0.29) is 11.9 Å². The highest BCUT2D eigenvalue weighted by molar-refractivity contribution is 7.12. The maximum atomic E-state index is 12.1. The van der Waals surface area contributed by atoms with Gasteiger partial charge in [0.1, 0.15) is 16.7 Å². The van der Waals surface area contributed by atoms with E-state index in [9.17, 15) is 4.79 Å². The minimum Gasteiger partial charge on any atom is -0.495 e. The van der Waals surface area contributed by atoms with Crippen molar-refractivity contribution in [3.05, 3.63) is 16.3 Å². The molecule has 2 atom stereocenters. The summed E-state index contributed by atoms with van der Waals surface area (Å²) >= 11 is 1.42. The quantitative estimate of drug-likeness (QED) is 0.742. The molecule has 2 heterocycles. The zero-order valence-corrected chi connectivity index (χ0v) is 9.67. The summed E-state index contributed by atoms with van der Waals surface area (Å²) in [4.78, 5) is 12.8. The molecule has 0 bridgehead atoms. The summed E-state index contributed by atoms with van der Waals surface area (Å²) in [6.07, 6.45) is 0.682. The van der Waals surface area contributed by atoms with Gasteiger partial charge in [0.2, 0.25) is 5.78 Å². The van der Waals surface area contributed by atoms with Crippen LogP contribution in [0.1, 0.15) is 23.0 Å². The fraction of sp³-hybridized carbons (Fsp3) is 0.545. The monoisotopic (exact) mass is 226 g/mol. The Balaban J connectivity index is 2.20.